The number of benzene rings is 1. The maximum absolute atomic E-state index is 6.30. The Morgan fingerprint density at radius 3 is 2.94 bits per heavy atom. The van der Waals surface area contributed by atoms with Crippen LogP contribution in [0.1, 0.15) is 24.0 Å². The van der Waals surface area contributed by atoms with Crippen molar-refractivity contribution in [3.63, 3.8) is 0 Å². The first-order valence-electron chi connectivity index (χ1n) is 6.82. The van der Waals surface area contributed by atoms with Crippen molar-refractivity contribution in [1.29, 1.82) is 0 Å². The van der Waals surface area contributed by atoms with E-state index < -0.39 is 0 Å². The summed E-state index contributed by atoms with van der Waals surface area (Å²) < 4.78 is 5.86. The Morgan fingerprint density at radius 1 is 1.39 bits per heavy atom. The van der Waals surface area contributed by atoms with Crippen molar-refractivity contribution in [3.05, 3.63) is 34.3 Å². The lowest BCUT2D eigenvalue weighted by Gasteiger charge is -2.33. The molecular weight excluding hydrogens is 246 g/mol. The summed E-state index contributed by atoms with van der Waals surface area (Å²) >= 11 is 6.30. The van der Waals surface area contributed by atoms with Gasteiger partial charge in [-0.05, 0) is 42.9 Å². The van der Waals surface area contributed by atoms with Crippen LogP contribution >= 0.6 is 11.6 Å². The van der Waals surface area contributed by atoms with Crippen LogP contribution in [-0.4, -0.2) is 30.7 Å². The highest BCUT2D eigenvalue weighted by Crippen LogP contribution is 2.36. The fourth-order valence-corrected chi connectivity index (χ4v) is 3.00. The predicted molar refractivity (Wildman–Crippen MR) is 73.9 cm³/mol. The van der Waals surface area contributed by atoms with Crippen LogP contribution in [0.15, 0.2) is 18.2 Å². The first-order chi connectivity index (χ1) is 8.74. The van der Waals surface area contributed by atoms with Crippen LogP contribution in [0.5, 0.6) is 0 Å². The molecule has 3 rings (SSSR count). The molecule has 0 N–H and O–H groups in total. The molecule has 1 saturated carbocycles. The second-order valence-corrected chi connectivity index (χ2v) is 5.92. The van der Waals surface area contributed by atoms with Gasteiger partial charge in [0.15, 0.2) is 0 Å². The number of morpholine rings is 1. The van der Waals surface area contributed by atoms with Crippen molar-refractivity contribution in [3.8, 4) is 0 Å². The monoisotopic (exact) mass is 265 g/mol. The van der Waals surface area contributed by atoms with Crippen LogP contribution in [0, 0.1) is 12.8 Å². The van der Waals surface area contributed by atoms with Gasteiger partial charge in [0, 0.05) is 24.7 Å². The summed E-state index contributed by atoms with van der Waals surface area (Å²) in [6.07, 6.45) is 3.16. The Labute approximate surface area is 114 Å². The van der Waals surface area contributed by atoms with E-state index in [-0.39, 0.29) is 0 Å². The van der Waals surface area contributed by atoms with Gasteiger partial charge in [-0.3, -0.25) is 4.90 Å². The molecule has 3 heteroatoms. The molecule has 0 bridgehead atoms. The standard InChI is InChI=1S/C15H20ClNO/c1-11-3-2-4-14(16)13(11)9-17-7-8-18-15(10-17)12-5-6-12/h2-4,12,15H,5-10H2,1H3. The molecule has 1 unspecified atom stereocenters. The molecule has 18 heavy (non-hydrogen) atoms. The third kappa shape index (κ3) is 2.71. The molecule has 0 amide bonds. The van der Waals surface area contributed by atoms with E-state index in [1.165, 1.54) is 24.0 Å². The fraction of sp³-hybridized carbons (Fsp3) is 0.600. The quantitative estimate of drug-likeness (QED) is 0.832. The van der Waals surface area contributed by atoms with Crippen molar-refractivity contribution in [2.75, 3.05) is 19.7 Å². The van der Waals surface area contributed by atoms with Crippen LogP contribution in [-0.2, 0) is 11.3 Å². The predicted octanol–water partition coefficient (Wildman–Crippen LogP) is 3.26. The molecular formula is C15H20ClNO. The van der Waals surface area contributed by atoms with E-state index in [1.807, 2.05) is 12.1 Å². The number of ether oxygens (including phenoxy) is 1. The second kappa shape index (κ2) is 5.20. The summed E-state index contributed by atoms with van der Waals surface area (Å²) in [4.78, 5) is 2.49. The molecule has 1 aromatic rings. The first kappa shape index (κ1) is 12.5. The summed E-state index contributed by atoms with van der Waals surface area (Å²) in [5.41, 5.74) is 2.56. The molecule has 2 aliphatic rings. The third-order valence-electron chi connectivity index (χ3n) is 4.06. The summed E-state index contributed by atoms with van der Waals surface area (Å²) in [6, 6.07) is 6.15. The van der Waals surface area contributed by atoms with Crippen LogP contribution in [0.3, 0.4) is 0 Å². The number of hydrogen-bond donors (Lipinski definition) is 0. The minimum Gasteiger partial charge on any atom is -0.375 e. The molecule has 1 aliphatic heterocycles. The van der Waals surface area contributed by atoms with Gasteiger partial charge in [0.1, 0.15) is 0 Å². The van der Waals surface area contributed by atoms with Crippen LogP contribution in [0.25, 0.3) is 0 Å². The molecule has 0 radical (unpaired) electrons. The maximum Gasteiger partial charge on any atom is 0.0730 e. The fourth-order valence-electron chi connectivity index (χ4n) is 2.72. The van der Waals surface area contributed by atoms with Gasteiger partial charge in [-0.15, -0.1) is 0 Å². The second-order valence-electron chi connectivity index (χ2n) is 5.52. The van der Waals surface area contributed by atoms with Gasteiger partial charge in [0.25, 0.3) is 0 Å². The van der Waals surface area contributed by atoms with Crippen molar-refractivity contribution >= 4 is 11.6 Å². The van der Waals surface area contributed by atoms with E-state index in [1.54, 1.807) is 0 Å². The number of halogens is 1. The van der Waals surface area contributed by atoms with Gasteiger partial charge < -0.3 is 4.74 Å². The molecule has 2 nitrogen and oxygen atoms in total. The lowest BCUT2D eigenvalue weighted by Crippen LogP contribution is -2.43. The summed E-state index contributed by atoms with van der Waals surface area (Å²) in [5.74, 6) is 0.820. The summed E-state index contributed by atoms with van der Waals surface area (Å²) in [7, 11) is 0. The van der Waals surface area contributed by atoms with Gasteiger partial charge in [-0.1, -0.05) is 23.7 Å². The highest BCUT2D eigenvalue weighted by Gasteiger charge is 2.35. The van der Waals surface area contributed by atoms with Crippen molar-refractivity contribution in [1.82, 2.24) is 4.90 Å². The third-order valence-corrected chi connectivity index (χ3v) is 4.41. The normalized spacial score (nSPS) is 25.3. The van der Waals surface area contributed by atoms with E-state index in [4.69, 9.17) is 16.3 Å². The summed E-state index contributed by atoms with van der Waals surface area (Å²) in [6.45, 7) is 6.05. The highest BCUT2D eigenvalue weighted by molar-refractivity contribution is 6.31. The Balaban J connectivity index is 1.68. The SMILES string of the molecule is Cc1cccc(Cl)c1CN1CCOC(C2CC2)C1. The highest BCUT2D eigenvalue weighted by atomic mass is 35.5. The average Bonchev–Trinajstić information content (AvgIpc) is 3.19. The van der Waals surface area contributed by atoms with Gasteiger partial charge in [0.2, 0.25) is 0 Å². The number of nitrogens with zero attached hydrogens (tertiary/aromatic N) is 1. The molecule has 1 atom stereocenters. The minimum atomic E-state index is 0.460. The lowest BCUT2D eigenvalue weighted by atomic mass is 10.1. The molecule has 2 fully saturated rings. The van der Waals surface area contributed by atoms with E-state index in [0.717, 1.165) is 37.2 Å². The molecule has 1 aromatic carbocycles. The van der Waals surface area contributed by atoms with Crippen LogP contribution in [0.2, 0.25) is 5.02 Å². The molecule has 1 saturated heterocycles. The van der Waals surface area contributed by atoms with E-state index in [0.29, 0.717) is 6.10 Å². The summed E-state index contributed by atoms with van der Waals surface area (Å²) in [5, 5.41) is 0.893. The Kier molecular flexibility index (Phi) is 3.60. The van der Waals surface area contributed by atoms with Gasteiger partial charge in [0.05, 0.1) is 12.7 Å². The molecule has 98 valence electrons. The van der Waals surface area contributed by atoms with Crippen molar-refractivity contribution in [2.24, 2.45) is 5.92 Å². The van der Waals surface area contributed by atoms with Crippen LogP contribution in [0.4, 0.5) is 0 Å². The Morgan fingerprint density at radius 2 is 2.22 bits per heavy atom. The van der Waals surface area contributed by atoms with Gasteiger partial charge >= 0.3 is 0 Å². The van der Waals surface area contributed by atoms with Gasteiger partial charge in [-0.2, -0.15) is 0 Å². The zero-order chi connectivity index (χ0) is 12.5. The van der Waals surface area contributed by atoms with Crippen molar-refractivity contribution < 1.29 is 4.74 Å². The Bertz CT molecular complexity index is 410. The smallest absolute Gasteiger partial charge is 0.0730 e. The Hall–Kier alpha value is -0.570. The lowest BCUT2D eigenvalue weighted by molar-refractivity contribution is -0.0419. The zero-order valence-electron chi connectivity index (χ0n) is 10.9. The van der Waals surface area contributed by atoms with E-state index in [9.17, 15) is 0 Å². The zero-order valence-corrected chi connectivity index (χ0v) is 11.6. The molecule has 0 aromatic heterocycles. The first-order valence-corrected chi connectivity index (χ1v) is 7.20. The topological polar surface area (TPSA) is 12.5 Å². The minimum absolute atomic E-state index is 0.460. The number of rotatable bonds is 3. The van der Waals surface area contributed by atoms with E-state index in [2.05, 4.69) is 17.9 Å². The van der Waals surface area contributed by atoms with Gasteiger partial charge in [-0.25, -0.2) is 0 Å². The number of hydrogen-bond acceptors (Lipinski definition) is 2. The van der Waals surface area contributed by atoms with Crippen LogP contribution < -0.4 is 0 Å². The average molecular weight is 266 g/mol. The molecule has 1 heterocycles. The molecule has 0 spiro atoms. The number of aryl methyl sites for hydroxylation is 1. The van der Waals surface area contributed by atoms with Crippen molar-refractivity contribution in [2.45, 2.75) is 32.4 Å². The van der Waals surface area contributed by atoms with E-state index >= 15 is 0 Å². The maximum atomic E-state index is 6.30. The molecule has 1 aliphatic carbocycles. The largest absolute Gasteiger partial charge is 0.375 e.